The number of hydrogen-bond acceptors (Lipinski definition) is 6. The third kappa shape index (κ3) is 3.63. The molecule has 0 atom stereocenters. The first-order chi connectivity index (χ1) is 12.4. The topological polar surface area (TPSA) is 125 Å². The summed E-state index contributed by atoms with van der Waals surface area (Å²) >= 11 is 7.26. The Morgan fingerprint density at radius 3 is 2.81 bits per heavy atom. The Hall–Kier alpha value is -2.65. The van der Waals surface area contributed by atoms with Crippen LogP contribution in [-0.2, 0) is 17.6 Å². The van der Waals surface area contributed by atoms with Gasteiger partial charge in [0.1, 0.15) is 10.8 Å². The summed E-state index contributed by atoms with van der Waals surface area (Å²) in [7, 11) is 0. The average Bonchev–Trinajstić information content (AvgIpc) is 3.13. The number of carbonyl (C=O) groups excluding carboxylic acids is 2. The van der Waals surface area contributed by atoms with Gasteiger partial charge < -0.3 is 15.8 Å². The fraction of sp³-hybridized carbons (Fsp3) is 0.250. The fourth-order valence-electron chi connectivity index (χ4n) is 2.78. The number of aryl methyl sites for hydroxylation is 1. The minimum absolute atomic E-state index is 0.0277. The second-order valence-corrected chi connectivity index (χ2v) is 7.15. The predicted molar refractivity (Wildman–Crippen MR) is 97.1 cm³/mol. The molecule has 3 rings (SSSR count). The van der Waals surface area contributed by atoms with E-state index in [9.17, 15) is 19.7 Å². The van der Waals surface area contributed by atoms with Crippen LogP contribution < -0.4 is 15.8 Å². The van der Waals surface area contributed by atoms with Gasteiger partial charge in [0.05, 0.1) is 15.5 Å². The van der Waals surface area contributed by atoms with Gasteiger partial charge in [-0.2, -0.15) is 0 Å². The van der Waals surface area contributed by atoms with Gasteiger partial charge in [-0.15, -0.1) is 11.3 Å². The van der Waals surface area contributed by atoms with Gasteiger partial charge in [0.25, 0.3) is 17.5 Å². The van der Waals surface area contributed by atoms with E-state index in [2.05, 4.69) is 5.32 Å². The maximum Gasteiger partial charge on any atom is 0.271 e. The zero-order chi connectivity index (χ0) is 18.8. The highest BCUT2D eigenvalue weighted by molar-refractivity contribution is 7.17. The van der Waals surface area contributed by atoms with Gasteiger partial charge in [-0.05, 0) is 30.9 Å². The maximum atomic E-state index is 12.1. The smallest absolute Gasteiger partial charge is 0.271 e. The Balaban J connectivity index is 1.67. The first-order valence-electron chi connectivity index (χ1n) is 7.67. The molecule has 2 amide bonds. The third-order valence-corrected chi connectivity index (χ3v) is 5.41. The summed E-state index contributed by atoms with van der Waals surface area (Å²) in [4.78, 5) is 35.0. The molecule has 3 N–H and O–H groups in total. The number of thiophene rings is 1. The second kappa shape index (κ2) is 7.30. The summed E-state index contributed by atoms with van der Waals surface area (Å²) in [5, 5.41) is 13.8. The highest BCUT2D eigenvalue weighted by atomic mass is 35.5. The van der Waals surface area contributed by atoms with Gasteiger partial charge in [0.2, 0.25) is 0 Å². The molecule has 1 aliphatic rings. The van der Waals surface area contributed by atoms with Crippen molar-refractivity contribution in [2.45, 2.75) is 19.3 Å². The summed E-state index contributed by atoms with van der Waals surface area (Å²) in [6.45, 7) is -0.363. The molecular weight excluding hydrogens is 382 g/mol. The zero-order valence-corrected chi connectivity index (χ0v) is 15.0. The van der Waals surface area contributed by atoms with Gasteiger partial charge in [-0.1, -0.05) is 11.6 Å². The molecule has 2 aromatic rings. The number of ether oxygens (including phenoxy) is 1. The Bertz CT molecular complexity index is 912. The van der Waals surface area contributed by atoms with Crippen LogP contribution in [0.5, 0.6) is 5.75 Å². The molecule has 1 aromatic heterocycles. The van der Waals surface area contributed by atoms with Crippen LogP contribution in [0.1, 0.15) is 27.2 Å². The molecule has 0 saturated carbocycles. The molecule has 8 nitrogen and oxygen atoms in total. The van der Waals surface area contributed by atoms with E-state index < -0.39 is 16.7 Å². The highest BCUT2D eigenvalue weighted by Crippen LogP contribution is 2.38. The minimum Gasteiger partial charge on any atom is -0.482 e. The van der Waals surface area contributed by atoms with Gasteiger partial charge in [0.15, 0.2) is 6.61 Å². The number of nitro groups is 1. The third-order valence-electron chi connectivity index (χ3n) is 3.91. The second-order valence-electron chi connectivity index (χ2n) is 5.63. The minimum atomic E-state index is -0.580. The number of primary amides is 1. The number of anilines is 1. The molecule has 1 heterocycles. The molecule has 0 saturated heterocycles. The molecule has 1 aliphatic carbocycles. The van der Waals surface area contributed by atoms with Crippen LogP contribution in [-0.4, -0.2) is 23.3 Å². The van der Waals surface area contributed by atoms with Crippen molar-refractivity contribution in [3.8, 4) is 5.75 Å². The molecule has 0 aliphatic heterocycles. The first-order valence-corrected chi connectivity index (χ1v) is 8.87. The van der Waals surface area contributed by atoms with Gasteiger partial charge in [-0.3, -0.25) is 19.7 Å². The number of carbonyl (C=O) groups is 2. The number of hydrogen-bond donors (Lipinski definition) is 2. The number of amides is 2. The van der Waals surface area contributed by atoms with E-state index in [1.165, 1.54) is 23.5 Å². The lowest BCUT2D eigenvalue weighted by molar-refractivity contribution is -0.384. The molecule has 0 fully saturated rings. The standard InChI is InChI=1S/C16H14ClN3O5S/c17-10-6-8(20(23)24)4-5-11(10)25-7-13(21)19-16-14(15(18)22)9-2-1-3-12(9)26-16/h4-6H,1-3,7H2,(H2,18,22)(H,19,21). The summed E-state index contributed by atoms with van der Waals surface area (Å²) in [6, 6.07) is 3.69. The Kier molecular flexibility index (Phi) is 5.10. The van der Waals surface area contributed by atoms with Gasteiger partial charge >= 0.3 is 0 Å². The molecule has 26 heavy (non-hydrogen) atoms. The molecule has 136 valence electrons. The number of non-ortho nitro benzene ring substituents is 1. The first kappa shape index (κ1) is 18.2. The van der Waals surface area contributed by atoms with E-state index in [0.717, 1.165) is 35.8 Å². The average molecular weight is 396 g/mol. The van der Waals surface area contributed by atoms with Crippen LogP contribution in [0.4, 0.5) is 10.7 Å². The summed E-state index contributed by atoms with van der Waals surface area (Å²) in [5.74, 6) is -0.905. The van der Waals surface area contributed by atoms with Crippen molar-refractivity contribution in [1.82, 2.24) is 0 Å². The van der Waals surface area contributed by atoms with Gasteiger partial charge in [0, 0.05) is 17.0 Å². The Morgan fingerprint density at radius 1 is 1.38 bits per heavy atom. The normalized spacial score (nSPS) is 12.5. The predicted octanol–water partition coefficient (Wildman–Crippen LogP) is 2.91. The lowest BCUT2D eigenvalue weighted by Crippen LogP contribution is -2.22. The molecular formula is C16H14ClN3O5S. The Morgan fingerprint density at radius 2 is 2.15 bits per heavy atom. The number of nitro benzene ring substituents is 1. The van der Waals surface area contributed by atoms with E-state index in [4.69, 9.17) is 22.1 Å². The number of benzene rings is 1. The van der Waals surface area contributed by atoms with Crippen molar-refractivity contribution >= 4 is 45.4 Å². The van der Waals surface area contributed by atoms with E-state index in [-0.39, 0.29) is 23.1 Å². The quantitative estimate of drug-likeness (QED) is 0.574. The van der Waals surface area contributed by atoms with Crippen molar-refractivity contribution < 1.29 is 19.2 Å². The zero-order valence-electron chi connectivity index (χ0n) is 13.4. The van der Waals surface area contributed by atoms with Crippen LogP contribution in [0.3, 0.4) is 0 Å². The number of halogens is 1. The van der Waals surface area contributed by atoms with Crippen molar-refractivity contribution in [2.75, 3.05) is 11.9 Å². The lowest BCUT2D eigenvalue weighted by Gasteiger charge is -2.09. The molecule has 0 radical (unpaired) electrons. The van der Waals surface area contributed by atoms with E-state index in [1.807, 2.05) is 0 Å². The van der Waals surface area contributed by atoms with Crippen molar-refractivity contribution in [2.24, 2.45) is 5.73 Å². The van der Waals surface area contributed by atoms with E-state index >= 15 is 0 Å². The van der Waals surface area contributed by atoms with Crippen LogP contribution >= 0.6 is 22.9 Å². The monoisotopic (exact) mass is 395 g/mol. The molecule has 10 heteroatoms. The van der Waals surface area contributed by atoms with Crippen molar-refractivity contribution in [3.05, 3.63) is 49.3 Å². The number of fused-ring (bicyclic) bond motifs is 1. The molecule has 0 spiro atoms. The largest absolute Gasteiger partial charge is 0.482 e. The lowest BCUT2D eigenvalue weighted by atomic mass is 10.1. The summed E-state index contributed by atoms with van der Waals surface area (Å²) < 4.78 is 5.31. The van der Waals surface area contributed by atoms with Crippen LogP contribution in [0.2, 0.25) is 5.02 Å². The fourth-order valence-corrected chi connectivity index (χ4v) is 4.32. The van der Waals surface area contributed by atoms with Crippen LogP contribution in [0.15, 0.2) is 18.2 Å². The Labute approximate surface area is 157 Å². The van der Waals surface area contributed by atoms with Crippen LogP contribution in [0, 0.1) is 10.1 Å². The maximum absolute atomic E-state index is 12.1. The number of nitrogens with zero attached hydrogens (tertiary/aromatic N) is 1. The number of nitrogens with one attached hydrogen (secondary N) is 1. The highest BCUT2D eigenvalue weighted by Gasteiger charge is 2.26. The number of rotatable bonds is 6. The SMILES string of the molecule is NC(=O)c1c(NC(=O)COc2ccc([N+](=O)[O-])cc2Cl)sc2c1CCC2. The summed E-state index contributed by atoms with van der Waals surface area (Å²) in [6.07, 6.45) is 2.61. The number of nitrogens with two attached hydrogens (primary N) is 1. The molecule has 0 unspecified atom stereocenters. The molecule has 1 aromatic carbocycles. The molecule has 0 bridgehead atoms. The summed E-state index contributed by atoms with van der Waals surface area (Å²) in [5.41, 5.74) is 6.55. The van der Waals surface area contributed by atoms with E-state index in [1.54, 1.807) is 0 Å². The van der Waals surface area contributed by atoms with Gasteiger partial charge in [-0.25, -0.2) is 0 Å². The van der Waals surface area contributed by atoms with E-state index in [0.29, 0.717) is 10.6 Å². The van der Waals surface area contributed by atoms with Crippen molar-refractivity contribution in [3.63, 3.8) is 0 Å². The van der Waals surface area contributed by atoms with Crippen molar-refractivity contribution in [1.29, 1.82) is 0 Å². The van der Waals surface area contributed by atoms with Crippen LogP contribution in [0.25, 0.3) is 0 Å².